The number of rotatable bonds is 1. The van der Waals surface area contributed by atoms with E-state index in [2.05, 4.69) is 53.3 Å². The second-order valence-electron chi connectivity index (χ2n) is 7.47. The highest BCUT2D eigenvalue weighted by Crippen LogP contribution is 2.38. The Labute approximate surface area is 126 Å². The molecule has 21 heavy (non-hydrogen) atoms. The summed E-state index contributed by atoms with van der Waals surface area (Å²) in [5.41, 5.74) is 1.24. The molecule has 0 unspecified atom stereocenters. The van der Waals surface area contributed by atoms with Crippen molar-refractivity contribution in [2.45, 2.75) is 45.4 Å². The van der Waals surface area contributed by atoms with E-state index >= 15 is 0 Å². The average Bonchev–Trinajstić information content (AvgIpc) is 2.80. The molecule has 114 valence electrons. The standard InChI is InChI=1S/C16H24N4O/c1-15(2,3)12-4-5-13(19-18-12)20-8-6-16(7-9-20)10-14(21)17-11-16/h4-5H,6-11H2,1-3H3,(H,17,21). The number of aromatic nitrogens is 2. The number of nitrogens with zero attached hydrogens (tertiary/aromatic N) is 3. The third-order valence-electron chi connectivity index (χ3n) is 4.76. The lowest BCUT2D eigenvalue weighted by atomic mass is 9.78. The Hall–Kier alpha value is -1.65. The van der Waals surface area contributed by atoms with Crippen molar-refractivity contribution in [3.05, 3.63) is 17.8 Å². The number of carbonyl (C=O) groups is 1. The van der Waals surface area contributed by atoms with Crippen LogP contribution in [0, 0.1) is 5.41 Å². The molecule has 0 atom stereocenters. The number of hydrogen-bond donors (Lipinski definition) is 1. The molecule has 0 aromatic carbocycles. The van der Waals surface area contributed by atoms with Crippen LogP contribution in [0.25, 0.3) is 0 Å². The molecule has 1 aromatic rings. The fourth-order valence-corrected chi connectivity index (χ4v) is 3.21. The minimum absolute atomic E-state index is 0.0351. The lowest BCUT2D eigenvalue weighted by Gasteiger charge is -2.38. The van der Waals surface area contributed by atoms with Gasteiger partial charge in [0.05, 0.1) is 5.69 Å². The quantitative estimate of drug-likeness (QED) is 0.857. The summed E-state index contributed by atoms with van der Waals surface area (Å²) in [4.78, 5) is 13.7. The van der Waals surface area contributed by atoms with E-state index in [-0.39, 0.29) is 16.7 Å². The van der Waals surface area contributed by atoms with Crippen LogP contribution >= 0.6 is 0 Å². The van der Waals surface area contributed by atoms with Gasteiger partial charge in [-0.15, -0.1) is 5.10 Å². The van der Waals surface area contributed by atoms with Crippen molar-refractivity contribution >= 4 is 11.7 Å². The van der Waals surface area contributed by atoms with Crippen molar-refractivity contribution < 1.29 is 4.79 Å². The van der Waals surface area contributed by atoms with E-state index in [1.165, 1.54) is 0 Å². The van der Waals surface area contributed by atoms with Crippen LogP contribution < -0.4 is 10.2 Å². The maximum Gasteiger partial charge on any atom is 0.220 e. The average molecular weight is 288 g/mol. The molecule has 1 N–H and O–H groups in total. The van der Waals surface area contributed by atoms with Crippen LogP contribution in [0.4, 0.5) is 5.82 Å². The van der Waals surface area contributed by atoms with Crippen molar-refractivity contribution in [1.29, 1.82) is 0 Å². The topological polar surface area (TPSA) is 58.1 Å². The van der Waals surface area contributed by atoms with Gasteiger partial charge in [-0.3, -0.25) is 4.79 Å². The van der Waals surface area contributed by atoms with Gasteiger partial charge in [-0.2, -0.15) is 5.10 Å². The Morgan fingerprint density at radius 2 is 1.90 bits per heavy atom. The van der Waals surface area contributed by atoms with Gasteiger partial charge >= 0.3 is 0 Å². The third kappa shape index (κ3) is 2.87. The Bertz CT molecular complexity index is 524. The summed E-state index contributed by atoms with van der Waals surface area (Å²) < 4.78 is 0. The van der Waals surface area contributed by atoms with Crippen LogP contribution in [0.2, 0.25) is 0 Å². The van der Waals surface area contributed by atoms with Gasteiger partial charge in [0.25, 0.3) is 0 Å². The Kier molecular flexibility index (Phi) is 3.38. The molecule has 0 radical (unpaired) electrons. The minimum atomic E-state index is 0.0351. The molecule has 5 nitrogen and oxygen atoms in total. The maximum absolute atomic E-state index is 11.5. The summed E-state index contributed by atoms with van der Waals surface area (Å²) in [7, 11) is 0. The molecular weight excluding hydrogens is 264 g/mol. The van der Waals surface area contributed by atoms with Crippen LogP contribution in [0.1, 0.15) is 45.7 Å². The Balaban J connectivity index is 1.66. The first kappa shape index (κ1) is 14.3. The third-order valence-corrected chi connectivity index (χ3v) is 4.76. The first-order chi connectivity index (χ1) is 9.88. The van der Waals surface area contributed by atoms with Crippen molar-refractivity contribution in [3.63, 3.8) is 0 Å². The summed E-state index contributed by atoms with van der Waals surface area (Å²) in [6.07, 6.45) is 2.79. The summed E-state index contributed by atoms with van der Waals surface area (Å²) in [5, 5.41) is 11.7. The van der Waals surface area contributed by atoms with Crippen LogP contribution in [0.3, 0.4) is 0 Å². The highest BCUT2D eigenvalue weighted by atomic mass is 16.1. The predicted molar refractivity (Wildman–Crippen MR) is 82.2 cm³/mol. The summed E-state index contributed by atoms with van der Waals surface area (Å²) in [6.45, 7) is 9.19. The number of anilines is 1. The first-order valence-electron chi connectivity index (χ1n) is 7.74. The lowest BCUT2D eigenvalue weighted by molar-refractivity contribution is -0.119. The van der Waals surface area contributed by atoms with Gasteiger partial charge in [-0.25, -0.2) is 0 Å². The zero-order valence-corrected chi connectivity index (χ0v) is 13.1. The van der Waals surface area contributed by atoms with Crippen LogP contribution in [0.5, 0.6) is 0 Å². The molecule has 1 aromatic heterocycles. The van der Waals surface area contributed by atoms with E-state index in [1.54, 1.807) is 0 Å². The van der Waals surface area contributed by atoms with E-state index in [9.17, 15) is 4.79 Å². The van der Waals surface area contributed by atoms with E-state index in [0.29, 0.717) is 6.42 Å². The summed E-state index contributed by atoms with van der Waals surface area (Å²) in [6, 6.07) is 4.15. The van der Waals surface area contributed by atoms with Gasteiger partial charge in [-0.1, -0.05) is 20.8 Å². The first-order valence-corrected chi connectivity index (χ1v) is 7.74. The molecule has 0 aliphatic carbocycles. The molecule has 2 aliphatic heterocycles. The van der Waals surface area contributed by atoms with Crippen molar-refractivity contribution in [3.8, 4) is 0 Å². The number of hydrogen-bond acceptors (Lipinski definition) is 4. The normalized spacial score (nSPS) is 21.7. The van der Waals surface area contributed by atoms with Gasteiger partial charge in [0, 0.05) is 31.5 Å². The summed E-state index contributed by atoms with van der Waals surface area (Å²) in [5.74, 6) is 1.16. The molecule has 1 amide bonds. The van der Waals surface area contributed by atoms with Gasteiger partial charge in [-0.05, 0) is 30.4 Å². The number of nitrogens with one attached hydrogen (secondary N) is 1. The summed E-state index contributed by atoms with van der Waals surface area (Å²) >= 11 is 0. The molecule has 2 aliphatic rings. The number of piperidine rings is 1. The Morgan fingerprint density at radius 3 is 2.38 bits per heavy atom. The lowest BCUT2D eigenvalue weighted by Crippen LogP contribution is -2.41. The fourth-order valence-electron chi connectivity index (χ4n) is 3.21. The van der Waals surface area contributed by atoms with Crippen LogP contribution in [-0.2, 0) is 10.2 Å². The maximum atomic E-state index is 11.5. The zero-order chi connectivity index (χ0) is 15.1. The molecule has 1 spiro atoms. The smallest absolute Gasteiger partial charge is 0.220 e. The van der Waals surface area contributed by atoms with Gasteiger partial charge < -0.3 is 10.2 Å². The van der Waals surface area contributed by atoms with Gasteiger partial charge in [0.2, 0.25) is 5.91 Å². The minimum Gasteiger partial charge on any atom is -0.356 e. The molecular formula is C16H24N4O. The van der Waals surface area contributed by atoms with E-state index in [0.717, 1.165) is 44.0 Å². The highest BCUT2D eigenvalue weighted by Gasteiger charge is 2.41. The van der Waals surface area contributed by atoms with Crippen LogP contribution in [-0.4, -0.2) is 35.7 Å². The van der Waals surface area contributed by atoms with Gasteiger partial charge in [0.15, 0.2) is 5.82 Å². The second-order valence-corrected chi connectivity index (χ2v) is 7.47. The molecule has 3 heterocycles. The number of carbonyl (C=O) groups excluding carboxylic acids is 1. The van der Waals surface area contributed by atoms with Crippen LogP contribution in [0.15, 0.2) is 12.1 Å². The molecule has 2 fully saturated rings. The fraction of sp³-hybridized carbons (Fsp3) is 0.688. The second kappa shape index (κ2) is 4.97. The van der Waals surface area contributed by atoms with Crippen molar-refractivity contribution in [2.24, 2.45) is 5.41 Å². The molecule has 0 saturated carbocycles. The number of amides is 1. The van der Waals surface area contributed by atoms with E-state index in [1.807, 2.05) is 0 Å². The zero-order valence-electron chi connectivity index (χ0n) is 13.1. The molecule has 0 bridgehead atoms. The molecule has 5 heteroatoms. The SMILES string of the molecule is CC(C)(C)c1ccc(N2CCC3(CC2)CNC(=O)C3)nn1. The van der Waals surface area contributed by atoms with Crippen molar-refractivity contribution in [1.82, 2.24) is 15.5 Å². The molecule has 3 rings (SSSR count). The molecule has 2 saturated heterocycles. The highest BCUT2D eigenvalue weighted by molar-refractivity contribution is 5.79. The predicted octanol–water partition coefficient (Wildman–Crippen LogP) is 1.88. The van der Waals surface area contributed by atoms with E-state index < -0.39 is 0 Å². The Morgan fingerprint density at radius 1 is 1.19 bits per heavy atom. The van der Waals surface area contributed by atoms with E-state index in [4.69, 9.17) is 0 Å². The van der Waals surface area contributed by atoms with Gasteiger partial charge in [0.1, 0.15) is 0 Å². The largest absolute Gasteiger partial charge is 0.356 e. The van der Waals surface area contributed by atoms with Crippen molar-refractivity contribution in [2.75, 3.05) is 24.5 Å². The monoisotopic (exact) mass is 288 g/mol.